The third-order valence-electron chi connectivity index (χ3n) is 1.85. The van der Waals surface area contributed by atoms with E-state index in [4.69, 9.17) is 4.74 Å². The standard InChI is InChI=1S/C10H8BrIOS/c1-2-13-9-7-5-6(11)3-4-8(7)14-10(9)12/h3-5H,2H2,1H3. The van der Waals surface area contributed by atoms with Crippen LogP contribution in [0.5, 0.6) is 5.75 Å². The van der Waals surface area contributed by atoms with Gasteiger partial charge in [0, 0.05) is 14.6 Å². The Labute approximate surface area is 109 Å². The highest BCUT2D eigenvalue weighted by Gasteiger charge is 2.10. The van der Waals surface area contributed by atoms with E-state index in [9.17, 15) is 0 Å². The summed E-state index contributed by atoms with van der Waals surface area (Å²) in [5.74, 6) is 1.02. The Hall–Kier alpha value is 0.190. The number of ether oxygens (including phenoxy) is 1. The Morgan fingerprint density at radius 3 is 3.00 bits per heavy atom. The lowest BCUT2D eigenvalue weighted by atomic mass is 10.2. The molecule has 0 aliphatic carbocycles. The molecule has 74 valence electrons. The minimum atomic E-state index is 0.717. The number of rotatable bonds is 2. The first-order valence-electron chi connectivity index (χ1n) is 4.22. The minimum absolute atomic E-state index is 0.717. The van der Waals surface area contributed by atoms with Crippen LogP contribution in [-0.4, -0.2) is 6.61 Å². The number of halogens is 2. The summed E-state index contributed by atoms with van der Waals surface area (Å²) in [5, 5.41) is 1.20. The summed E-state index contributed by atoms with van der Waals surface area (Å²) >= 11 is 7.57. The van der Waals surface area contributed by atoms with Gasteiger partial charge in [0.1, 0.15) is 2.88 Å². The van der Waals surface area contributed by atoms with E-state index in [-0.39, 0.29) is 0 Å². The van der Waals surface area contributed by atoms with Crippen molar-refractivity contribution in [2.45, 2.75) is 6.92 Å². The Bertz CT molecular complexity index is 466. The number of thiophene rings is 1. The van der Waals surface area contributed by atoms with Crippen LogP contribution >= 0.6 is 49.9 Å². The molecular weight excluding hydrogens is 375 g/mol. The quantitative estimate of drug-likeness (QED) is 0.686. The molecule has 1 aromatic carbocycles. The lowest BCUT2D eigenvalue weighted by Crippen LogP contribution is -1.91. The van der Waals surface area contributed by atoms with E-state index in [1.807, 2.05) is 6.92 Å². The SMILES string of the molecule is CCOc1c(I)sc2ccc(Br)cc12. The van der Waals surface area contributed by atoms with Gasteiger partial charge in [-0.05, 0) is 47.7 Å². The molecule has 0 amide bonds. The van der Waals surface area contributed by atoms with E-state index >= 15 is 0 Å². The normalized spacial score (nSPS) is 10.8. The average Bonchev–Trinajstić information content (AvgIpc) is 2.45. The smallest absolute Gasteiger partial charge is 0.151 e. The summed E-state index contributed by atoms with van der Waals surface area (Å²) in [7, 11) is 0. The molecule has 0 saturated carbocycles. The molecule has 0 atom stereocenters. The first-order valence-corrected chi connectivity index (χ1v) is 6.91. The van der Waals surface area contributed by atoms with E-state index in [0.29, 0.717) is 6.61 Å². The second-order valence-electron chi connectivity index (χ2n) is 2.78. The molecule has 0 radical (unpaired) electrons. The maximum absolute atomic E-state index is 5.63. The number of benzene rings is 1. The number of hydrogen-bond donors (Lipinski definition) is 0. The Morgan fingerprint density at radius 1 is 1.50 bits per heavy atom. The van der Waals surface area contributed by atoms with Crippen LogP contribution in [0.1, 0.15) is 6.92 Å². The second-order valence-corrected chi connectivity index (χ2v) is 6.56. The van der Waals surface area contributed by atoms with Gasteiger partial charge in [-0.2, -0.15) is 0 Å². The monoisotopic (exact) mass is 382 g/mol. The zero-order valence-corrected chi connectivity index (χ0v) is 12.1. The summed E-state index contributed by atoms with van der Waals surface area (Å²) in [6.45, 7) is 2.73. The van der Waals surface area contributed by atoms with Crippen LogP contribution < -0.4 is 4.74 Å². The van der Waals surface area contributed by atoms with Crippen LogP contribution in [0.4, 0.5) is 0 Å². The van der Waals surface area contributed by atoms with Gasteiger partial charge in [-0.25, -0.2) is 0 Å². The van der Waals surface area contributed by atoms with E-state index in [0.717, 1.165) is 10.2 Å². The molecule has 1 nitrogen and oxygen atoms in total. The van der Waals surface area contributed by atoms with Crippen molar-refractivity contribution in [3.8, 4) is 5.75 Å². The van der Waals surface area contributed by atoms with Crippen molar-refractivity contribution >= 4 is 59.9 Å². The highest BCUT2D eigenvalue weighted by molar-refractivity contribution is 14.1. The van der Waals surface area contributed by atoms with Crippen molar-refractivity contribution in [1.29, 1.82) is 0 Å². The van der Waals surface area contributed by atoms with Crippen LogP contribution in [0, 0.1) is 2.88 Å². The van der Waals surface area contributed by atoms with Gasteiger partial charge in [-0.3, -0.25) is 0 Å². The van der Waals surface area contributed by atoms with Crippen molar-refractivity contribution in [2.75, 3.05) is 6.61 Å². The molecule has 0 saturated heterocycles. The van der Waals surface area contributed by atoms with Crippen LogP contribution in [-0.2, 0) is 0 Å². The molecule has 0 aliphatic rings. The molecule has 0 bridgehead atoms. The van der Waals surface area contributed by atoms with Crippen molar-refractivity contribution < 1.29 is 4.74 Å². The largest absolute Gasteiger partial charge is 0.491 e. The van der Waals surface area contributed by atoms with Crippen LogP contribution in [0.25, 0.3) is 10.1 Å². The Morgan fingerprint density at radius 2 is 2.29 bits per heavy atom. The topological polar surface area (TPSA) is 9.23 Å². The average molecular weight is 383 g/mol. The molecule has 1 aromatic heterocycles. The maximum atomic E-state index is 5.63. The highest BCUT2D eigenvalue weighted by Crippen LogP contribution is 2.39. The Kier molecular flexibility index (Phi) is 3.34. The molecule has 0 spiro atoms. The fourth-order valence-corrected chi connectivity index (χ4v) is 3.67. The molecule has 4 heteroatoms. The fraction of sp³-hybridized carbons (Fsp3) is 0.200. The van der Waals surface area contributed by atoms with Crippen LogP contribution in [0.3, 0.4) is 0 Å². The summed E-state index contributed by atoms with van der Waals surface area (Å²) in [4.78, 5) is 0. The highest BCUT2D eigenvalue weighted by atomic mass is 127. The second kappa shape index (κ2) is 4.37. The molecule has 0 unspecified atom stereocenters. The van der Waals surface area contributed by atoms with Gasteiger partial charge < -0.3 is 4.74 Å². The molecule has 1 heterocycles. The van der Waals surface area contributed by atoms with E-state index in [1.54, 1.807) is 11.3 Å². The lowest BCUT2D eigenvalue weighted by Gasteiger charge is -2.01. The molecule has 2 rings (SSSR count). The molecule has 2 aromatic rings. The first kappa shape index (κ1) is 10.7. The first-order chi connectivity index (χ1) is 6.72. The fourth-order valence-electron chi connectivity index (χ4n) is 1.30. The van der Waals surface area contributed by atoms with Gasteiger partial charge >= 0.3 is 0 Å². The van der Waals surface area contributed by atoms with E-state index in [2.05, 4.69) is 56.7 Å². The van der Waals surface area contributed by atoms with Gasteiger partial charge in [0.25, 0.3) is 0 Å². The van der Waals surface area contributed by atoms with Gasteiger partial charge in [0.15, 0.2) is 5.75 Å². The number of hydrogen-bond acceptors (Lipinski definition) is 2. The van der Waals surface area contributed by atoms with Crippen molar-refractivity contribution in [2.24, 2.45) is 0 Å². The summed E-state index contributed by atoms with van der Waals surface area (Å²) in [6.07, 6.45) is 0. The van der Waals surface area contributed by atoms with Gasteiger partial charge in [-0.15, -0.1) is 11.3 Å². The van der Waals surface area contributed by atoms with E-state index in [1.165, 1.54) is 13.0 Å². The molecule has 0 fully saturated rings. The minimum Gasteiger partial charge on any atom is -0.491 e. The maximum Gasteiger partial charge on any atom is 0.151 e. The molecular formula is C10H8BrIOS. The Balaban J connectivity index is 2.66. The molecule has 0 N–H and O–H groups in total. The van der Waals surface area contributed by atoms with Crippen molar-refractivity contribution in [3.63, 3.8) is 0 Å². The van der Waals surface area contributed by atoms with Crippen molar-refractivity contribution in [1.82, 2.24) is 0 Å². The zero-order chi connectivity index (χ0) is 10.1. The van der Waals surface area contributed by atoms with Gasteiger partial charge in [0.05, 0.1) is 6.61 Å². The predicted octanol–water partition coefficient (Wildman–Crippen LogP) is 4.67. The number of fused-ring (bicyclic) bond motifs is 1. The van der Waals surface area contributed by atoms with Crippen molar-refractivity contribution in [3.05, 3.63) is 25.6 Å². The summed E-state index contributed by atoms with van der Waals surface area (Å²) in [5.41, 5.74) is 0. The summed E-state index contributed by atoms with van der Waals surface area (Å²) < 4.78 is 9.22. The predicted molar refractivity (Wildman–Crippen MR) is 73.4 cm³/mol. The molecule has 0 aliphatic heterocycles. The van der Waals surface area contributed by atoms with Gasteiger partial charge in [0.2, 0.25) is 0 Å². The van der Waals surface area contributed by atoms with Gasteiger partial charge in [-0.1, -0.05) is 15.9 Å². The molecule has 14 heavy (non-hydrogen) atoms. The van der Waals surface area contributed by atoms with Crippen LogP contribution in [0.2, 0.25) is 0 Å². The summed E-state index contributed by atoms with van der Waals surface area (Å²) in [6, 6.07) is 6.29. The lowest BCUT2D eigenvalue weighted by molar-refractivity contribution is 0.343. The third kappa shape index (κ3) is 1.92. The van der Waals surface area contributed by atoms with Crippen LogP contribution in [0.15, 0.2) is 22.7 Å². The third-order valence-corrected chi connectivity index (χ3v) is 4.44. The zero-order valence-electron chi connectivity index (χ0n) is 7.51. The van der Waals surface area contributed by atoms with E-state index < -0.39 is 0 Å².